The van der Waals surface area contributed by atoms with Gasteiger partial charge in [0.25, 0.3) is 0 Å². The van der Waals surface area contributed by atoms with Crippen LogP contribution in [0, 0.1) is 6.92 Å². The second-order valence-corrected chi connectivity index (χ2v) is 7.33. The number of nitrogens with zero attached hydrogens (tertiary/aromatic N) is 3. The Labute approximate surface area is 165 Å². The van der Waals surface area contributed by atoms with Crippen molar-refractivity contribution in [2.24, 2.45) is 0 Å². The van der Waals surface area contributed by atoms with Gasteiger partial charge < -0.3 is 10.1 Å². The largest absolute Gasteiger partial charge is 0.491 e. The number of fused-ring (bicyclic) bond motifs is 1. The summed E-state index contributed by atoms with van der Waals surface area (Å²) in [7, 11) is 0. The molecule has 1 aromatic heterocycles. The predicted octanol–water partition coefficient (Wildman–Crippen LogP) is 2.81. The van der Waals surface area contributed by atoms with Crippen molar-refractivity contribution >= 4 is 17.6 Å². The number of hydrogen-bond acceptors (Lipinski definition) is 4. The number of hydrogen-bond donors (Lipinski definition) is 1. The van der Waals surface area contributed by atoms with Crippen molar-refractivity contribution in [1.82, 2.24) is 15.1 Å². The lowest BCUT2D eigenvalue weighted by Crippen LogP contribution is -2.52. The highest BCUT2D eigenvalue weighted by Gasteiger charge is 2.34. The van der Waals surface area contributed by atoms with Gasteiger partial charge in [0.05, 0.1) is 18.3 Å². The van der Waals surface area contributed by atoms with Gasteiger partial charge in [-0.15, -0.1) is 0 Å². The lowest BCUT2D eigenvalue weighted by molar-refractivity contribution is -0.127. The van der Waals surface area contributed by atoms with Crippen molar-refractivity contribution < 1.29 is 14.3 Å². The molecule has 0 aliphatic carbocycles. The van der Waals surface area contributed by atoms with E-state index in [-0.39, 0.29) is 17.9 Å². The number of aryl methyl sites for hydroxylation is 2. The van der Waals surface area contributed by atoms with Crippen LogP contribution >= 0.6 is 0 Å². The Bertz CT molecular complexity index is 842. The summed E-state index contributed by atoms with van der Waals surface area (Å²) in [4.78, 5) is 27.0. The van der Waals surface area contributed by atoms with E-state index in [4.69, 9.17) is 4.74 Å². The number of aromatic nitrogens is 2. The Morgan fingerprint density at radius 2 is 2.00 bits per heavy atom. The maximum Gasteiger partial charge on any atom is 0.243 e. The summed E-state index contributed by atoms with van der Waals surface area (Å²) in [5.74, 6) is 1.31. The summed E-state index contributed by atoms with van der Waals surface area (Å²) in [5, 5.41) is 7.38. The zero-order chi connectivity index (χ0) is 20.3. The van der Waals surface area contributed by atoms with Gasteiger partial charge in [0.15, 0.2) is 0 Å². The third-order valence-corrected chi connectivity index (χ3v) is 4.70. The fourth-order valence-corrected chi connectivity index (χ4v) is 3.42. The Kier molecular flexibility index (Phi) is 6.02. The molecule has 2 amide bonds. The van der Waals surface area contributed by atoms with E-state index in [9.17, 15) is 9.59 Å². The molecule has 7 heteroatoms. The Morgan fingerprint density at radius 1 is 1.29 bits per heavy atom. The smallest absolute Gasteiger partial charge is 0.243 e. The molecule has 1 atom stereocenters. The molecule has 2 aromatic rings. The van der Waals surface area contributed by atoms with E-state index in [2.05, 4.69) is 10.4 Å². The van der Waals surface area contributed by atoms with E-state index in [0.717, 1.165) is 17.0 Å². The summed E-state index contributed by atoms with van der Waals surface area (Å²) >= 11 is 0. The predicted molar refractivity (Wildman–Crippen MR) is 107 cm³/mol. The molecule has 1 aromatic carbocycles. The number of nitrogens with one attached hydrogen (secondary N) is 1. The fraction of sp³-hybridized carbons (Fsp3) is 0.476. The van der Waals surface area contributed by atoms with Crippen LogP contribution in [0.5, 0.6) is 5.75 Å². The summed E-state index contributed by atoms with van der Waals surface area (Å²) in [6, 6.07) is 8.97. The van der Waals surface area contributed by atoms with E-state index in [0.29, 0.717) is 31.7 Å². The van der Waals surface area contributed by atoms with Crippen molar-refractivity contribution in [1.29, 1.82) is 0 Å². The molecule has 0 unspecified atom stereocenters. The van der Waals surface area contributed by atoms with Crippen molar-refractivity contribution in [3.63, 3.8) is 0 Å². The van der Waals surface area contributed by atoms with Crippen LogP contribution in [0.15, 0.2) is 30.3 Å². The quantitative estimate of drug-likeness (QED) is 0.796. The van der Waals surface area contributed by atoms with E-state index in [1.54, 1.807) is 9.58 Å². The molecule has 0 spiro atoms. The van der Waals surface area contributed by atoms with E-state index in [1.807, 2.05) is 58.0 Å². The number of benzene rings is 1. The minimum Gasteiger partial charge on any atom is -0.491 e. The van der Waals surface area contributed by atoms with Gasteiger partial charge in [-0.25, -0.2) is 4.68 Å². The van der Waals surface area contributed by atoms with Crippen LogP contribution in [0.2, 0.25) is 0 Å². The summed E-state index contributed by atoms with van der Waals surface area (Å²) in [6.45, 7) is 8.72. The molecule has 7 nitrogen and oxygen atoms in total. The van der Waals surface area contributed by atoms with Crippen LogP contribution in [0.25, 0.3) is 0 Å². The molecule has 0 fully saturated rings. The van der Waals surface area contributed by atoms with Crippen LogP contribution in [0.4, 0.5) is 5.82 Å². The van der Waals surface area contributed by atoms with Crippen molar-refractivity contribution in [3.05, 3.63) is 41.6 Å². The van der Waals surface area contributed by atoms with Gasteiger partial charge >= 0.3 is 0 Å². The van der Waals surface area contributed by atoms with E-state index < -0.39 is 6.04 Å². The molecule has 0 saturated carbocycles. The highest BCUT2D eigenvalue weighted by atomic mass is 16.5. The van der Waals surface area contributed by atoms with Crippen molar-refractivity contribution in [3.8, 4) is 5.75 Å². The van der Waals surface area contributed by atoms with E-state index in [1.165, 1.54) is 0 Å². The number of anilines is 1. The topological polar surface area (TPSA) is 76.5 Å². The lowest BCUT2D eigenvalue weighted by Gasteiger charge is -2.33. The van der Waals surface area contributed by atoms with Gasteiger partial charge in [-0.1, -0.05) is 19.1 Å². The normalized spacial score (nSPS) is 14.8. The molecule has 0 radical (unpaired) electrons. The highest BCUT2D eigenvalue weighted by Crippen LogP contribution is 2.26. The second kappa shape index (κ2) is 8.46. The molecule has 1 N–H and O–H groups in total. The van der Waals surface area contributed by atoms with Gasteiger partial charge in [-0.2, -0.15) is 5.10 Å². The molecule has 0 bridgehead atoms. The monoisotopic (exact) mass is 384 g/mol. The lowest BCUT2D eigenvalue weighted by atomic mass is 10.1. The Balaban J connectivity index is 1.68. The highest BCUT2D eigenvalue weighted by molar-refractivity contribution is 6.00. The summed E-state index contributed by atoms with van der Waals surface area (Å²) < 4.78 is 7.44. The van der Waals surface area contributed by atoms with E-state index >= 15 is 0 Å². The molecule has 3 rings (SSSR count). The number of carbonyl (C=O) groups excluding carboxylic acids is 2. The molecular weight excluding hydrogens is 356 g/mol. The first-order valence-corrected chi connectivity index (χ1v) is 9.79. The van der Waals surface area contributed by atoms with Gasteiger partial charge in [0.2, 0.25) is 11.8 Å². The molecule has 2 heterocycles. The molecular formula is C21H28N4O3. The van der Waals surface area contributed by atoms with Crippen molar-refractivity contribution in [2.75, 3.05) is 4.90 Å². The standard InChI is InChI=1S/C21H28N4O3/c1-5-18(25-19-12-15(4)23-24(19)11-10-20(25)26)21(27)22-13-16-6-8-17(9-7-16)28-14(2)3/h6-9,12,14,18H,5,10-11,13H2,1-4H3,(H,22,27)/t18-/m0/s1. The summed E-state index contributed by atoms with van der Waals surface area (Å²) in [5.41, 5.74) is 1.82. The first-order valence-electron chi connectivity index (χ1n) is 9.79. The molecule has 28 heavy (non-hydrogen) atoms. The summed E-state index contributed by atoms with van der Waals surface area (Å²) in [6.07, 6.45) is 1.01. The minimum atomic E-state index is -0.550. The number of carbonyl (C=O) groups is 2. The average Bonchev–Trinajstić information content (AvgIpc) is 3.03. The first kappa shape index (κ1) is 19.9. The van der Waals surface area contributed by atoms with Crippen LogP contribution in [-0.4, -0.2) is 33.7 Å². The average molecular weight is 384 g/mol. The number of rotatable bonds is 7. The third kappa shape index (κ3) is 4.35. The molecule has 1 aliphatic rings. The fourth-order valence-electron chi connectivity index (χ4n) is 3.42. The second-order valence-electron chi connectivity index (χ2n) is 7.33. The maximum absolute atomic E-state index is 12.9. The molecule has 0 saturated heterocycles. The van der Waals surface area contributed by atoms with Crippen LogP contribution in [-0.2, 0) is 22.7 Å². The Morgan fingerprint density at radius 3 is 2.64 bits per heavy atom. The van der Waals surface area contributed by atoms with Gasteiger partial charge in [-0.3, -0.25) is 14.5 Å². The molecule has 150 valence electrons. The van der Waals surface area contributed by atoms with Crippen LogP contribution in [0.3, 0.4) is 0 Å². The SMILES string of the molecule is CC[C@@H](C(=O)NCc1ccc(OC(C)C)cc1)N1C(=O)CCn2nc(C)cc21. The zero-order valence-electron chi connectivity index (χ0n) is 16.9. The maximum atomic E-state index is 12.9. The van der Waals surface area contributed by atoms with Crippen LogP contribution in [0.1, 0.15) is 44.9 Å². The number of ether oxygens (including phenoxy) is 1. The number of amides is 2. The van der Waals surface area contributed by atoms with Gasteiger partial charge in [-0.05, 0) is 44.9 Å². The first-order chi connectivity index (χ1) is 13.4. The Hall–Kier alpha value is -2.83. The third-order valence-electron chi connectivity index (χ3n) is 4.70. The van der Waals surface area contributed by atoms with Crippen LogP contribution < -0.4 is 15.0 Å². The zero-order valence-corrected chi connectivity index (χ0v) is 16.9. The molecule has 1 aliphatic heterocycles. The van der Waals surface area contributed by atoms with Gasteiger partial charge in [0, 0.05) is 19.0 Å². The minimum absolute atomic E-state index is 0.0374. The van der Waals surface area contributed by atoms with Crippen molar-refractivity contribution in [2.45, 2.75) is 65.8 Å². The van der Waals surface area contributed by atoms with Gasteiger partial charge in [0.1, 0.15) is 17.6 Å².